The quantitative estimate of drug-likeness (QED) is 0.180. The third-order valence-electron chi connectivity index (χ3n) is 6.14. The molecular weight excluding hydrogens is 563 g/mol. The van der Waals surface area contributed by atoms with Gasteiger partial charge in [0.2, 0.25) is 0 Å². The van der Waals surface area contributed by atoms with E-state index in [1.807, 2.05) is 30.3 Å². The summed E-state index contributed by atoms with van der Waals surface area (Å²) in [4.78, 5) is 34.2. The number of hydrogen-bond acceptors (Lipinski definition) is 6. The number of fused-ring (bicyclic) bond motifs is 1. The van der Waals surface area contributed by atoms with Crippen molar-refractivity contribution in [3.63, 3.8) is 0 Å². The van der Waals surface area contributed by atoms with Crippen LogP contribution in [-0.4, -0.2) is 20.3 Å². The summed E-state index contributed by atoms with van der Waals surface area (Å²) in [6, 6.07) is 18.0. The lowest BCUT2D eigenvalue weighted by Crippen LogP contribution is -2.16. The Bertz CT molecular complexity index is 1770. The predicted octanol–water partition coefficient (Wildman–Crippen LogP) is 7.22. The summed E-state index contributed by atoms with van der Waals surface area (Å²) in [5, 5.41) is 0.671. The Morgan fingerprint density at radius 1 is 1.02 bits per heavy atom. The molecule has 5 aromatic rings. The van der Waals surface area contributed by atoms with Gasteiger partial charge >= 0.3 is 6.18 Å². The molecule has 0 N–H and O–H groups in total. The van der Waals surface area contributed by atoms with Crippen LogP contribution in [0.25, 0.3) is 16.0 Å². The van der Waals surface area contributed by atoms with Gasteiger partial charge in [-0.1, -0.05) is 59.3 Å². The van der Waals surface area contributed by atoms with Crippen LogP contribution in [0.3, 0.4) is 0 Å². The van der Waals surface area contributed by atoms with Gasteiger partial charge in [0, 0.05) is 24.1 Å². The number of carbonyl (C=O) groups is 1. The number of thiazole rings is 1. The zero-order valence-electron chi connectivity index (χ0n) is 21.0. The molecule has 3 aromatic heterocycles. The molecule has 0 saturated carbocycles. The van der Waals surface area contributed by atoms with Crippen molar-refractivity contribution in [1.29, 1.82) is 0 Å². The molecule has 0 atom stereocenters. The van der Waals surface area contributed by atoms with Crippen molar-refractivity contribution >= 4 is 39.6 Å². The number of carbonyl (C=O) groups excluding carboxylic acids is 1. The van der Waals surface area contributed by atoms with Crippen LogP contribution in [0.15, 0.2) is 77.7 Å². The van der Waals surface area contributed by atoms with Crippen LogP contribution >= 0.6 is 22.9 Å². The van der Waals surface area contributed by atoms with Crippen LogP contribution in [0.1, 0.15) is 38.6 Å². The summed E-state index contributed by atoms with van der Waals surface area (Å²) in [6.45, 7) is 1.79. The average Bonchev–Trinajstić information content (AvgIpc) is 3.32. The summed E-state index contributed by atoms with van der Waals surface area (Å²) in [5.74, 6) is 0.267. The van der Waals surface area contributed by atoms with Crippen molar-refractivity contribution in [2.45, 2.75) is 32.5 Å². The largest absolute Gasteiger partial charge is 0.489 e. The van der Waals surface area contributed by atoms with Crippen LogP contribution in [0.2, 0.25) is 5.02 Å². The highest BCUT2D eigenvalue weighted by Crippen LogP contribution is 2.33. The summed E-state index contributed by atoms with van der Waals surface area (Å²) in [5.41, 5.74) is 0.937. The van der Waals surface area contributed by atoms with Crippen LogP contribution in [0.5, 0.6) is 5.75 Å². The number of hydrogen-bond donors (Lipinski definition) is 0. The van der Waals surface area contributed by atoms with E-state index in [9.17, 15) is 22.8 Å². The predicted molar refractivity (Wildman–Crippen MR) is 148 cm³/mol. The molecule has 0 spiro atoms. The molecule has 0 unspecified atom stereocenters. The number of benzene rings is 2. The maximum Gasteiger partial charge on any atom is 0.433 e. The van der Waals surface area contributed by atoms with Crippen molar-refractivity contribution in [1.82, 2.24) is 14.5 Å². The van der Waals surface area contributed by atoms with Crippen LogP contribution < -0.4 is 10.3 Å². The van der Waals surface area contributed by atoms with E-state index in [4.69, 9.17) is 16.3 Å². The first kappa shape index (κ1) is 27.5. The fourth-order valence-corrected chi connectivity index (χ4v) is 5.38. The molecular formula is C29H21ClF3N3O3S. The Morgan fingerprint density at radius 2 is 1.80 bits per heavy atom. The first-order valence-corrected chi connectivity index (χ1v) is 13.3. The third-order valence-corrected chi connectivity index (χ3v) is 7.65. The van der Waals surface area contributed by atoms with E-state index in [0.29, 0.717) is 45.2 Å². The zero-order chi connectivity index (χ0) is 28.4. The van der Waals surface area contributed by atoms with Gasteiger partial charge in [0.25, 0.3) is 5.56 Å². The molecule has 0 fully saturated rings. The minimum absolute atomic E-state index is 0.0292. The van der Waals surface area contributed by atoms with Gasteiger partial charge in [-0.05, 0) is 48.7 Å². The number of Topliss-reactive ketones (excluding diaryl/α,β-unsaturated/α-hetero) is 1. The van der Waals surface area contributed by atoms with E-state index in [1.165, 1.54) is 22.9 Å². The molecule has 0 aliphatic carbocycles. The van der Waals surface area contributed by atoms with Crippen LogP contribution in [-0.2, 0) is 19.2 Å². The Morgan fingerprint density at radius 3 is 2.52 bits per heavy atom. The summed E-state index contributed by atoms with van der Waals surface area (Å²) < 4.78 is 46.1. The second-order valence-electron chi connectivity index (χ2n) is 9.02. The van der Waals surface area contributed by atoms with E-state index in [0.717, 1.165) is 23.0 Å². The van der Waals surface area contributed by atoms with E-state index < -0.39 is 11.9 Å². The monoisotopic (exact) mass is 583 g/mol. The summed E-state index contributed by atoms with van der Waals surface area (Å²) in [6.07, 6.45) is -2.12. The Kier molecular flexibility index (Phi) is 7.73. The second-order valence-corrected chi connectivity index (χ2v) is 10.4. The number of nitrogens with zero attached hydrogens (tertiary/aromatic N) is 3. The lowest BCUT2D eigenvalue weighted by atomic mass is 10.1. The number of ether oxygens (including phenoxy) is 1. The van der Waals surface area contributed by atoms with Gasteiger partial charge in [-0.3, -0.25) is 14.2 Å². The van der Waals surface area contributed by atoms with E-state index in [2.05, 4.69) is 9.97 Å². The van der Waals surface area contributed by atoms with Crippen molar-refractivity contribution in [3.05, 3.63) is 116 Å². The van der Waals surface area contributed by atoms with Crippen LogP contribution in [0, 0.1) is 6.92 Å². The van der Waals surface area contributed by atoms with Gasteiger partial charge in [0.1, 0.15) is 18.1 Å². The maximum atomic E-state index is 13.0. The van der Waals surface area contributed by atoms with E-state index in [-0.39, 0.29) is 28.5 Å². The smallest absolute Gasteiger partial charge is 0.433 e. The van der Waals surface area contributed by atoms with Crippen molar-refractivity contribution in [3.8, 4) is 10.9 Å². The number of pyridine rings is 2. The van der Waals surface area contributed by atoms with E-state index in [1.54, 1.807) is 25.1 Å². The molecule has 204 valence electrons. The lowest BCUT2D eigenvalue weighted by molar-refractivity contribution is -0.140. The first-order valence-electron chi connectivity index (χ1n) is 12.2. The Hall–Kier alpha value is -4.02. The zero-order valence-corrected chi connectivity index (χ0v) is 22.6. The minimum Gasteiger partial charge on any atom is -0.489 e. The molecule has 0 aliphatic rings. The maximum absolute atomic E-state index is 13.0. The molecule has 2 aromatic carbocycles. The SMILES string of the molecule is Cc1nc(-n2ccc(OCc3ccc4nc(C(F)(F)F)cc(Cl)c4c3)cc2=O)sc1C(=O)CCc1ccccc1. The Balaban J connectivity index is 1.27. The number of aryl methyl sites for hydroxylation is 2. The number of rotatable bonds is 8. The molecule has 5 rings (SSSR count). The highest BCUT2D eigenvalue weighted by atomic mass is 35.5. The van der Waals surface area contributed by atoms with Crippen LogP contribution in [0.4, 0.5) is 13.2 Å². The number of ketones is 1. The summed E-state index contributed by atoms with van der Waals surface area (Å²) in [7, 11) is 0. The number of alkyl halides is 3. The molecule has 0 saturated heterocycles. The van der Waals surface area contributed by atoms with Gasteiger partial charge in [-0.2, -0.15) is 13.2 Å². The Labute approximate surface area is 235 Å². The molecule has 0 amide bonds. The standard InChI is InChI=1S/C29H21ClF3N3O3S/c1-17-27(24(37)10-8-18-5-3-2-4-6-18)40-28(34-17)36-12-11-20(14-26(36)38)39-16-19-7-9-23-21(13-19)22(30)15-25(35-23)29(31,32)33/h2-7,9,11-15H,8,10,16H2,1H3. The minimum atomic E-state index is -4.60. The van der Waals surface area contributed by atoms with Gasteiger partial charge < -0.3 is 4.74 Å². The van der Waals surface area contributed by atoms with Gasteiger partial charge in [-0.25, -0.2) is 9.97 Å². The summed E-state index contributed by atoms with van der Waals surface area (Å²) >= 11 is 7.24. The molecule has 11 heteroatoms. The van der Waals surface area contributed by atoms with Crippen molar-refractivity contribution < 1.29 is 22.7 Å². The number of aromatic nitrogens is 3. The molecule has 3 heterocycles. The molecule has 0 bridgehead atoms. The fraction of sp³-hybridized carbons (Fsp3) is 0.172. The number of halogens is 4. The fourth-order valence-electron chi connectivity index (χ4n) is 4.10. The van der Waals surface area contributed by atoms with Gasteiger partial charge in [-0.15, -0.1) is 0 Å². The first-order chi connectivity index (χ1) is 19.1. The topological polar surface area (TPSA) is 74.1 Å². The van der Waals surface area contributed by atoms with Crippen molar-refractivity contribution in [2.24, 2.45) is 0 Å². The molecule has 40 heavy (non-hydrogen) atoms. The highest BCUT2D eigenvalue weighted by Gasteiger charge is 2.33. The van der Waals surface area contributed by atoms with Crippen molar-refractivity contribution in [2.75, 3.05) is 0 Å². The lowest BCUT2D eigenvalue weighted by Gasteiger charge is -2.11. The third kappa shape index (κ3) is 6.08. The molecule has 0 aliphatic heterocycles. The van der Waals surface area contributed by atoms with Gasteiger partial charge in [0.05, 0.1) is 21.1 Å². The average molecular weight is 584 g/mol. The normalized spacial score (nSPS) is 11.6. The molecule has 0 radical (unpaired) electrons. The highest BCUT2D eigenvalue weighted by molar-refractivity contribution is 7.16. The van der Waals surface area contributed by atoms with Gasteiger partial charge in [0.15, 0.2) is 10.9 Å². The van der Waals surface area contributed by atoms with E-state index >= 15 is 0 Å². The molecule has 6 nitrogen and oxygen atoms in total. The second kappa shape index (κ2) is 11.2.